The molecular weight excluding hydrogens is 290 g/mol. The molecular formula is C16H16ClNO3. The van der Waals surface area contributed by atoms with Crippen molar-refractivity contribution in [2.75, 3.05) is 5.32 Å². The molecule has 0 unspecified atom stereocenters. The molecule has 0 atom stereocenters. The van der Waals surface area contributed by atoms with Gasteiger partial charge >= 0.3 is 0 Å². The van der Waals surface area contributed by atoms with Gasteiger partial charge in [0.25, 0.3) is 5.91 Å². The molecule has 0 aliphatic heterocycles. The van der Waals surface area contributed by atoms with E-state index in [1.54, 1.807) is 24.3 Å². The van der Waals surface area contributed by atoms with Crippen LogP contribution in [0.25, 0.3) is 0 Å². The number of halogens is 1. The second kappa shape index (κ2) is 6.50. The molecule has 0 bridgehead atoms. The van der Waals surface area contributed by atoms with E-state index in [1.807, 2.05) is 13.8 Å². The number of carbonyl (C=O) groups excluding carboxylic acids is 1. The molecule has 0 saturated heterocycles. The average Bonchev–Trinajstić information content (AvgIpc) is 2.43. The van der Waals surface area contributed by atoms with Crippen LogP contribution < -0.4 is 10.1 Å². The Balaban J connectivity index is 2.10. The smallest absolute Gasteiger partial charge is 0.259 e. The van der Waals surface area contributed by atoms with Gasteiger partial charge in [0, 0.05) is 10.7 Å². The number of carbonyl (C=O) groups is 1. The second-order valence-electron chi connectivity index (χ2n) is 4.81. The van der Waals surface area contributed by atoms with Crippen molar-refractivity contribution in [2.45, 2.75) is 20.0 Å². The number of phenols is 1. The normalized spacial score (nSPS) is 10.5. The molecule has 21 heavy (non-hydrogen) atoms. The molecule has 0 aliphatic carbocycles. The maximum atomic E-state index is 12.1. The molecule has 0 spiro atoms. The molecule has 5 heteroatoms. The van der Waals surface area contributed by atoms with E-state index in [2.05, 4.69) is 5.32 Å². The number of benzene rings is 2. The lowest BCUT2D eigenvalue weighted by Gasteiger charge is -2.11. The lowest BCUT2D eigenvalue weighted by atomic mass is 10.2. The summed E-state index contributed by atoms with van der Waals surface area (Å²) in [5, 5.41) is 12.8. The molecule has 2 aromatic rings. The molecule has 4 nitrogen and oxygen atoms in total. The molecule has 0 radical (unpaired) electrons. The van der Waals surface area contributed by atoms with Crippen LogP contribution in [0.4, 0.5) is 5.69 Å². The van der Waals surface area contributed by atoms with Crippen molar-refractivity contribution in [1.82, 2.24) is 0 Å². The van der Waals surface area contributed by atoms with Crippen LogP contribution in [0, 0.1) is 0 Å². The van der Waals surface area contributed by atoms with Crippen LogP contribution in [0.2, 0.25) is 5.02 Å². The molecule has 110 valence electrons. The van der Waals surface area contributed by atoms with Crippen LogP contribution >= 0.6 is 11.6 Å². The molecule has 1 amide bonds. The summed E-state index contributed by atoms with van der Waals surface area (Å²) in [5.74, 6) is 0.192. The van der Waals surface area contributed by atoms with Crippen LogP contribution in [-0.4, -0.2) is 17.1 Å². The van der Waals surface area contributed by atoms with Gasteiger partial charge < -0.3 is 15.2 Å². The van der Waals surface area contributed by atoms with Crippen molar-refractivity contribution in [3.05, 3.63) is 53.1 Å². The van der Waals surface area contributed by atoms with Crippen molar-refractivity contribution in [3.8, 4) is 11.5 Å². The first kappa shape index (κ1) is 15.2. The van der Waals surface area contributed by atoms with Crippen LogP contribution in [-0.2, 0) is 0 Å². The highest BCUT2D eigenvalue weighted by Crippen LogP contribution is 2.23. The Hall–Kier alpha value is -2.20. The Morgan fingerprint density at radius 2 is 1.86 bits per heavy atom. The van der Waals surface area contributed by atoms with Crippen LogP contribution in [0.15, 0.2) is 42.5 Å². The maximum Gasteiger partial charge on any atom is 0.259 e. The van der Waals surface area contributed by atoms with Crippen molar-refractivity contribution in [1.29, 1.82) is 0 Å². The SMILES string of the molecule is CC(C)Oc1ccc(NC(=O)c2cc(Cl)ccc2O)cc1. The number of nitrogens with one attached hydrogen (secondary N) is 1. The molecule has 2 N–H and O–H groups in total. The first-order valence-corrected chi connectivity index (χ1v) is 6.90. The first-order valence-electron chi connectivity index (χ1n) is 6.52. The van der Waals surface area contributed by atoms with Crippen LogP contribution in [0.1, 0.15) is 24.2 Å². The Kier molecular flexibility index (Phi) is 4.70. The fourth-order valence-electron chi connectivity index (χ4n) is 1.78. The molecule has 2 aromatic carbocycles. The topological polar surface area (TPSA) is 58.6 Å². The molecule has 0 aromatic heterocycles. The highest BCUT2D eigenvalue weighted by Gasteiger charge is 2.12. The first-order chi connectivity index (χ1) is 9.95. The number of hydrogen-bond donors (Lipinski definition) is 2. The largest absolute Gasteiger partial charge is 0.507 e. The number of aromatic hydroxyl groups is 1. The van der Waals surface area contributed by atoms with E-state index in [0.29, 0.717) is 10.7 Å². The number of hydrogen-bond acceptors (Lipinski definition) is 3. The zero-order chi connectivity index (χ0) is 15.4. The zero-order valence-electron chi connectivity index (χ0n) is 11.8. The number of anilines is 1. The Bertz CT molecular complexity index is 638. The fraction of sp³-hybridized carbons (Fsp3) is 0.188. The average molecular weight is 306 g/mol. The molecule has 2 rings (SSSR count). The van der Waals surface area contributed by atoms with E-state index in [-0.39, 0.29) is 17.4 Å². The lowest BCUT2D eigenvalue weighted by Crippen LogP contribution is -2.12. The summed E-state index contributed by atoms with van der Waals surface area (Å²) in [7, 11) is 0. The van der Waals surface area contributed by atoms with E-state index in [4.69, 9.17) is 16.3 Å². The molecule has 0 heterocycles. The Morgan fingerprint density at radius 1 is 1.19 bits per heavy atom. The highest BCUT2D eigenvalue weighted by molar-refractivity contribution is 6.31. The van der Waals surface area contributed by atoms with Gasteiger partial charge in [0.05, 0.1) is 11.7 Å². The van der Waals surface area contributed by atoms with Gasteiger partial charge in [0.2, 0.25) is 0 Å². The van der Waals surface area contributed by atoms with Gasteiger partial charge in [-0.3, -0.25) is 4.79 Å². The van der Waals surface area contributed by atoms with E-state index in [1.165, 1.54) is 18.2 Å². The second-order valence-corrected chi connectivity index (χ2v) is 5.24. The summed E-state index contributed by atoms with van der Waals surface area (Å²) in [6, 6.07) is 11.3. The Labute approximate surface area is 128 Å². The van der Waals surface area contributed by atoms with Gasteiger partial charge in [-0.15, -0.1) is 0 Å². The van der Waals surface area contributed by atoms with Gasteiger partial charge in [-0.05, 0) is 56.3 Å². The summed E-state index contributed by atoms with van der Waals surface area (Å²) >= 11 is 5.83. The van der Waals surface area contributed by atoms with E-state index >= 15 is 0 Å². The van der Waals surface area contributed by atoms with Crippen LogP contribution in [0.3, 0.4) is 0 Å². The highest BCUT2D eigenvalue weighted by atomic mass is 35.5. The lowest BCUT2D eigenvalue weighted by molar-refractivity contribution is 0.102. The monoisotopic (exact) mass is 305 g/mol. The van der Waals surface area contributed by atoms with Gasteiger partial charge in [-0.2, -0.15) is 0 Å². The Morgan fingerprint density at radius 3 is 2.48 bits per heavy atom. The van der Waals surface area contributed by atoms with Crippen molar-refractivity contribution < 1.29 is 14.6 Å². The van der Waals surface area contributed by atoms with Gasteiger partial charge in [-0.1, -0.05) is 11.6 Å². The minimum Gasteiger partial charge on any atom is -0.507 e. The van der Waals surface area contributed by atoms with E-state index in [9.17, 15) is 9.90 Å². The van der Waals surface area contributed by atoms with Crippen molar-refractivity contribution in [3.63, 3.8) is 0 Å². The van der Waals surface area contributed by atoms with Crippen molar-refractivity contribution >= 4 is 23.2 Å². The third kappa shape index (κ3) is 4.13. The van der Waals surface area contributed by atoms with E-state index < -0.39 is 5.91 Å². The molecule has 0 saturated carbocycles. The maximum absolute atomic E-state index is 12.1. The van der Waals surface area contributed by atoms with E-state index in [0.717, 1.165) is 5.75 Å². The summed E-state index contributed by atoms with van der Waals surface area (Å²) in [6.45, 7) is 3.88. The summed E-state index contributed by atoms with van der Waals surface area (Å²) in [6.07, 6.45) is 0.0915. The number of ether oxygens (including phenoxy) is 1. The number of rotatable bonds is 4. The standard InChI is InChI=1S/C16H16ClNO3/c1-10(2)21-13-6-4-12(5-7-13)18-16(20)14-9-11(17)3-8-15(14)19/h3-10,19H,1-2H3,(H,18,20). The summed E-state index contributed by atoms with van der Waals surface area (Å²) in [5.41, 5.74) is 0.737. The minimum absolute atomic E-state index is 0.0915. The molecule has 0 fully saturated rings. The summed E-state index contributed by atoms with van der Waals surface area (Å²) < 4.78 is 5.52. The number of phenolic OH excluding ortho intramolecular Hbond substituents is 1. The van der Waals surface area contributed by atoms with Crippen molar-refractivity contribution in [2.24, 2.45) is 0 Å². The van der Waals surface area contributed by atoms with Gasteiger partial charge in [0.1, 0.15) is 11.5 Å². The predicted molar refractivity (Wildman–Crippen MR) is 83.3 cm³/mol. The molecule has 0 aliphatic rings. The quantitative estimate of drug-likeness (QED) is 0.894. The minimum atomic E-state index is -0.424. The van der Waals surface area contributed by atoms with Gasteiger partial charge in [-0.25, -0.2) is 0 Å². The van der Waals surface area contributed by atoms with Gasteiger partial charge in [0.15, 0.2) is 0 Å². The number of amides is 1. The fourth-order valence-corrected chi connectivity index (χ4v) is 1.95. The van der Waals surface area contributed by atoms with Crippen LogP contribution in [0.5, 0.6) is 11.5 Å². The zero-order valence-corrected chi connectivity index (χ0v) is 12.5. The third-order valence-corrected chi connectivity index (χ3v) is 2.92. The predicted octanol–water partition coefficient (Wildman–Crippen LogP) is 4.09. The summed E-state index contributed by atoms with van der Waals surface area (Å²) in [4.78, 5) is 12.1. The third-order valence-electron chi connectivity index (χ3n) is 2.69.